The van der Waals surface area contributed by atoms with Crippen molar-refractivity contribution in [3.05, 3.63) is 36.4 Å². The molecular weight excluding hydrogens is 386 g/mol. The van der Waals surface area contributed by atoms with Crippen LogP contribution in [-0.4, -0.2) is 44.7 Å². The third-order valence-electron chi connectivity index (χ3n) is 4.57. The van der Waals surface area contributed by atoms with Crippen molar-refractivity contribution in [2.75, 3.05) is 28.4 Å². The second-order valence-electron chi connectivity index (χ2n) is 7.67. The normalized spacial score (nSPS) is 11.3. The first-order valence-corrected chi connectivity index (χ1v) is 9.45. The summed E-state index contributed by atoms with van der Waals surface area (Å²) in [5.41, 5.74) is 1.19. The summed E-state index contributed by atoms with van der Waals surface area (Å²) < 4.78 is 29.1. The van der Waals surface area contributed by atoms with E-state index in [9.17, 15) is 4.79 Å². The van der Waals surface area contributed by atoms with E-state index in [1.807, 2.05) is 32.9 Å². The topological polar surface area (TPSA) is 68.2 Å². The zero-order valence-corrected chi connectivity index (χ0v) is 18.4. The van der Waals surface area contributed by atoms with Gasteiger partial charge in [0.2, 0.25) is 0 Å². The molecule has 0 aliphatic heterocycles. The lowest BCUT2D eigenvalue weighted by molar-refractivity contribution is 0.0547. The zero-order valence-electron chi connectivity index (χ0n) is 18.4. The Hall–Kier alpha value is -3.35. The predicted molar refractivity (Wildman–Crippen MR) is 115 cm³/mol. The van der Waals surface area contributed by atoms with Crippen LogP contribution in [-0.2, 0) is 4.74 Å². The molecule has 0 spiro atoms. The summed E-state index contributed by atoms with van der Waals surface area (Å²) in [6.07, 6.45) is -0.521. The first-order valence-electron chi connectivity index (χ1n) is 9.45. The Morgan fingerprint density at radius 3 is 2.03 bits per heavy atom. The lowest BCUT2D eigenvalue weighted by atomic mass is 10.1. The Bertz CT molecular complexity index is 1080. The average molecular weight is 413 g/mol. The Kier molecular flexibility index (Phi) is 5.82. The molecule has 0 bridgehead atoms. The number of hydrogen-bond acceptors (Lipinski definition) is 6. The smallest absolute Gasteiger partial charge is 0.419 e. The number of benzene rings is 2. The van der Waals surface area contributed by atoms with Crippen LogP contribution in [0.15, 0.2) is 36.4 Å². The molecule has 7 nitrogen and oxygen atoms in total. The quantitative estimate of drug-likeness (QED) is 0.578. The van der Waals surface area contributed by atoms with E-state index in [4.69, 9.17) is 23.7 Å². The molecule has 0 aliphatic carbocycles. The van der Waals surface area contributed by atoms with Gasteiger partial charge in [-0.2, -0.15) is 0 Å². The maximum atomic E-state index is 13.3. The zero-order chi connectivity index (χ0) is 22.1. The molecule has 0 atom stereocenters. The highest BCUT2D eigenvalue weighted by atomic mass is 16.6. The van der Waals surface area contributed by atoms with Crippen molar-refractivity contribution in [3.63, 3.8) is 0 Å². The van der Waals surface area contributed by atoms with E-state index in [2.05, 4.69) is 0 Å². The number of aromatic nitrogens is 1. The van der Waals surface area contributed by atoms with E-state index in [0.717, 1.165) is 5.39 Å². The maximum Gasteiger partial charge on any atom is 0.419 e. The van der Waals surface area contributed by atoms with Gasteiger partial charge in [-0.15, -0.1) is 0 Å². The number of rotatable bonds is 5. The van der Waals surface area contributed by atoms with Gasteiger partial charge in [0.25, 0.3) is 0 Å². The molecule has 3 aromatic rings. The largest absolute Gasteiger partial charge is 0.497 e. The van der Waals surface area contributed by atoms with Crippen molar-refractivity contribution in [3.8, 4) is 34.3 Å². The molecule has 0 fully saturated rings. The SMILES string of the molecule is COc1ccc(OC)c(-c2cc3c(OC)cc(OC)cc3n2C(=O)OC(C)(C)C)c1. The van der Waals surface area contributed by atoms with E-state index >= 15 is 0 Å². The van der Waals surface area contributed by atoms with E-state index < -0.39 is 11.7 Å². The van der Waals surface area contributed by atoms with E-state index in [0.29, 0.717) is 39.8 Å². The van der Waals surface area contributed by atoms with E-state index in [1.54, 1.807) is 52.7 Å². The molecule has 0 saturated carbocycles. The van der Waals surface area contributed by atoms with Gasteiger partial charge in [-0.05, 0) is 45.0 Å². The van der Waals surface area contributed by atoms with Crippen LogP contribution >= 0.6 is 0 Å². The summed E-state index contributed by atoms with van der Waals surface area (Å²) >= 11 is 0. The molecule has 30 heavy (non-hydrogen) atoms. The van der Waals surface area contributed by atoms with Crippen LogP contribution in [0.2, 0.25) is 0 Å². The molecule has 1 heterocycles. The second kappa shape index (κ2) is 8.18. The van der Waals surface area contributed by atoms with Crippen LogP contribution in [0, 0.1) is 0 Å². The second-order valence-corrected chi connectivity index (χ2v) is 7.67. The third kappa shape index (κ3) is 4.01. The first-order chi connectivity index (χ1) is 14.2. The van der Waals surface area contributed by atoms with Crippen LogP contribution in [0.4, 0.5) is 4.79 Å². The van der Waals surface area contributed by atoms with Crippen molar-refractivity contribution >= 4 is 17.0 Å². The molecule has 0 saturated heterocycles. The van der Waals surface area contributed by atoms with Crippen LogP contribution in [0.25, 0.3) is 22.2 Å². The third-order valence-corrected chi connectivity index (χ3v) is 4.57. The minimum atomic E-state index is -0.674. The molecule has 2 aromatic carbocycles. The van der Waals surface area contributed by atoms with Crippen LogP contribution in [0.1, 0.15) is 20.8 Å². The molecule has 0 aliphatic rings. The minimum Gasteiger partial charge on any atom is -0.497 e. The molecule has 3 rings (SSSR count). The number of carbonyl (C=O) groups is 1. The summed E-state index contributed by atoms with van der Waals surface area (Å²) in [5, 5.41) is 0.740. The molecule has 7 heteroatoms. The Labute approximate surface area is 176 Å². The molecular formula is C23H27NO6. The highest BCUT2D eigenvalue weighted by Crippen LogP contribution is 2.41. The Morgan fingerprint density at radius 2 is 1.47 bits per heavy atom. The van der Waals surface area contributed by atoms with Gasteiger partial charge in [-0.1, -0.05) is 0 Å². The van der Waals surface area contributed by atoms with Crippen molar-refractivity contribution in [1.29, 1.82) is 0 Å². The van der Waals surface area contributed by atoms with Crippen molar-refractivity contribution < 1.29 is 28.5 Å². The molecule has 0 unspecified atom stereocenters. The van der Waals surface area contributed by atoms with Gasteiger partial charge in [0.05, 0.1) is 39.6 Å². The van der Waals surface area contributed by atoms with Crippen molar-refractivity contribution in [2.45, 2.75) is 26.4 Å². The van der Waals surface area contributed by atoms with E-state index in [1.165, 1.54) is 4.57 Å². The number of carbonyl (C=O) groups excluding carboxylic acids is 1. The van der Waals surface area contributed by atoms with Crippen LogP contribution in [0.3, 0.4) is 0 Å². The predicted octanol–water partition coefficient (Wildman–Crippen LogP) is 5.13. The van der Waals surface area contributed by atoms with Crippen LogP contribution < -0.4 is 18.9 Å². The summed E-state index contributed by atoms with van der Waals surface area (Å²) in [6.45, 7) is 5.47. The standard InChI is InChI=1S/C23H27NO6/c1-23(2,3)30-22(25)24-18-11-15(27-5)12-21(29-7)17(18)13-19(24)16-10-14(26-4)8-9-20(16)28-6/h8-13H,1-7H3. The van der Waals surface area contributed by atoms with Gasteiger partial charge < -0.3 is 23.7 Å². The average Bonchev–Trinajstić information content (AvgIpc) is 3.10. The fourth-order valence-electron chi connectivity index (χ4n) is 3.25. The summed E-state index contributed by atoms with van der Waals surface area (Å²) in [5.74, 6) is 2.37. The Morgan fingerprint density at radius 1 is 0.800 bits per heavy atom. The first kappa shape index (κ1) is 21.4. The summed E-state index contributed by atoms with van der Waals surface area (Å²) in [4.78, 5) is 13.3. The van der Waals surface area contributed by atoms with Gasteiger partial charge in [0.15, 0.2) is 0 Å². The number of fused-ring (bicyclic) bond motifs is 1. The number of nitrogens with zero attached hydrogens (tertiary/aromatic N) is 1. The lowest BCUT2D eigenvalue weighted by Crippen LogP contribution is -2.27. The molecule has 0 radical (unpaired) electrons. The molecule has 0 N–H and O–H groups in total. The fraction of sp³-hybridized carbons (Fsp3) is 0.348. The Balaban J connectivity index is 2.39. The monoisotopic (exact) mass is 413 g/mol. The van der Waals surface area contributed by atoms with Crippen molar-refractivity contribution in [2.24, 2.45) is 0 Å². The lowest BCUT2D eigenvalue weighted by Gasteiger charge is -2.21. The fourth-order valence-corrected chi connectivity index (χ4v) is 3.25. The van der Waals surface area contributed by atoms with Gasteiger partial charge >= 0.3 is 6.09 Å². The number of methoxy groups -OCH3 is 4. The maximum absolute atomic E-state index is 13.3. The number of hydrogen-bond donors (Lipinski definition) is 0. The minimum absolute atomic E-state index is 0.521. The molecule has 1 aromatic heterocycles. The van der Waals surface area contributed by atoms with Gasteiger partial charge in [-0.25, -0.2) is 9.36 Å². The molecule has 160 valence electrons. The van der Waals surface area contributed by atoms with Gasteiger partial charge in [0, 0.05) is 23.1 Å². The molecule has 0 amide bonds. The highest BCUT2D eigenvalue weighted by molar-refractivity contribution is 6.00. The summed E-state index contributed by atoms with van der Waals surface area (Å²) in [6, 6.07) is 10.8. The van der Waals surface area contributed by atoms with Gasteiger partial charge in [0.1, 0.15) is 28.6 Å². The highest BCUT2D eigenvalue weighted by Gasteiger charge is 2.26. The van der Waals surface area contributed by atoms with Crippen molar-refractivity contribution in [1.82, 2.24) is 4.57 Å². The van der Waals surface area contributed by atoms with Crippen LogP contribution in [0.5, 0.6) is 23.0 Å². The summed E-state index contributed by atoms with van der Waals surface area (Å²) in [7, 11) is 6.30. The van der Waals surface area contributed by atoms with Gasteiger partial charge in [-0.3, -0.25) is 0 Å². The number of ether oxygens (including phenoxy) is 5. The van der Waals surface area contributed by atoms with E-state index in [-0.39, 0.29) is 0 Å².